The van der Waals surface area contributed by atoms with Gasteiger partial charge >= 0.3 is 0 Å². The van der Waals surface area contributed by atoms with Crippen LogP contribution in [0.15, 0.2) is 16.6 Å². The van der Waals surface area contributed by atoms with E-state index in [0.29, 0.717) is 214 Å². The number of halogens is 1. The van der Waals surface area contributed by atoms with Gasteiger partial charge < -0.3 is 128 Å². The molecule has 0 aromatic heterocycles. The number of ether oxygens (including phenoxy) is 27. The third-order valence-electron chi connectivity index (χ3n) is 10.7. The molecule has 0 atom stereocenters. The molecule has 0 bridgehead atoms. The van der Waals surface area contributed by atoms with Crippen LogP contribution in [0.5, 0.6) is 17.2 Å². The number of hydrogen-bond acceptors (Lipinski definition) is 27. The summed E-state index contributed by atoms with van der Waals surface area (Å²) in [4.78, 5) is 0. The van der Waals surface area contributed by atoms with Gasteiger partial charge in [0.2, 0.25) is 5.75 Å². The topological polar surface area (TPSA) is 249 Å². The minimum atomic E-state index is -0.713. The molecule has 0 spiro atoms. The van der Waals surface area contributed by atoms with E-state index >= 15 is 0 Å². The van der Waals surface area contributed by atoms with E-state index < -0.39 is 18.3 Å². The fraction of sp³-hybridized carbons (Fsp3) is 0.895. The highest BCUT2D eigenvalue weighted by atomic mass is 79.9. The van der Waals surface area contributed by atoms with Crippen LogP contribution < -0.4 is 14.2 Å². The zero-order chi connectivity index (χ0) is 61.2. The normalized spacial score (nSPS) is 11.8. The Kier molecular flexibility index (Phi) is 63.5. The van der Waals surface area contributed by atoms with Crippen LogP contribution >= 0.6 is 15.9 Å². The molecule has 1 aromatic rings. The zero-order valence-electron chi connectivity index (χ0n) is 52.0. The van der Waals surface area contributed by atoms with Gasteiger partial charge in [-0.15, -0.1) is 0 Å². The predicted octanol–water partition coefficient (Wildman–Crippen LogP) is 2.87. The molecule has 0 aliphatic rings. The first-order valence-electron chi connectivity index (χ1n) is 29.2. The molecule has 0 fully saturated rings. The van der Waals surface area contributed by atoms with Crippen LogP contribution in [0.4, 0.5) is 0 Å². The summed E-state index contributed by atoms with van der Waals surface area (Å²) in [6.07, 6.45) is -2.06. The third-order valence-corrected chi connectivity index (χ3v) is 11.2. The molecule has 504 valence electrons. The van der Waals surface area contributed by atoms with Crippen LogP contribution in [0.25, 0.3) is 0 Å². The first-order valence-corrected chi connectivity index (χ1v) is 30.0. The lowest BCUT2D eigenvalue weighted by Crippen LogP contribution is -2.33. The van der Waals surface area contributed by atoms with E-state index in [1.807, 2.05) is 0 Å². The second-order valence-electron chi connectivity index (χ2n) is 17.7. The van der Waals surface area contributed by atoms with Crippen molar-refractivity contribution in [2.24, 2.45) is 0 Å². The van der Waals surface area contributed by atoms with Gasteiger partial charge in [0.05, 0.1) is 277 Å². The maximum Gasteiger partial charge on any atom is 0.204 e. The lowest BCUT2D eigenvalue weighted by molar-refractivity contribution is -0.0508. The largest absolute Gasteiger partial charge is 0.482 e. The van der Waals surface area contributed by atoms with Crippen molar-refractivity contribution in [1.29, 1.82) is 0 Å². The van der Waals surface area contributed by atoms with E-state index in [9.17, 15) is 0 Å². The second kappa shape index (κ2) is 66.6. The quantitative estimate of drug-likeness (QED) is 0.0851. The summed E-state index contributed by atoms with van der Waals surface area (Å²) in [5, 5.41) is 0. The summed E-state index contributed by atoms with van der Waals surface area (Å²) >= 11 is 3.72. The van der Waals surface area contributed by atoms with Crippen molar-refractivity contribution in [3.8, 4) is 17.2 Å². The second-order valence-corrected chi connectivity index (χ2v) is 18.6. The first-order chi connectivity index (χ1) is 42.0. The van der Waals surface area contributed by atoms with Gasteiger partial charge in [0.25, 0.3) is 0 Å². The molecule has 85 heavy (non-hydrogen) atoms. The van der Waals surface area contributed by atoms with Gasteiger partial charge in [-0.1, -0.05) is 15.9 Å². The van der Waals surface area contributed by atoms with Crippen LogP contribution in [0.1, 0.15) is 0 Å². The third kappa shape index (κ3) is 54.8. The summed E-state index contributed by atoms with van der Waals surface area (Å²) in [5.74, 6) is 0.848. The van der Waals surface area contributed by atoms with Crippen LogP contribution in [-0.2, 0) is 114 Å². The van der Waals surface area contributed by atoms with E-state index in [-0.39, 0.29) is 85.0 Å². The predicted molar refractivity (Wildman–Crippen MR) is 313 cm³/mol. The molecule has 0 amide bonds. The summed E-state index contributed by atoms with van der Waals surface area (Å²) in [6.45, 7) is 14.9. The number of benzene rings is 1. The van der Waals surface area contributed by atoms with Crippen LogP contribution in [0, 0.1) is 0 Å². The van der Waals surface area contributed by atoms with Crippen LogP contribution in [-0.4, -0.2) is 338 Å². The Balaban J connectivity index is 3.56. The Labute approximate surface area is 514 Å². The van der Waals surface area contributed by atoms with Gasteiger partial charge in [-0.25, -0.2) is 0 Å². The van der Waals surface area contributed by atoms with E-state index in [1.54, 1.807) is 54.8 Å². The molecule has 0 unspecified atom stereocenters. The molecular weight excluding hydrogens is 1200 g/mol. The maximum absolute atomic E-state index is 6.93. The highest BCUT2D eigenvalue weighted by Gasteiger charge is 2.26. The van der Waals surface area contributed by atoms with E-state index in [2.05, 4.69) is 15.9 Å². The van der Waals surface area contributed by atoms with E-state index in [0.717, 1.165) is 0 Å². The molecule has 0 N–H and O–H groups in total. The lowest BCUT2D eigenvalue weighted by Gasteiger charge is -2.27. The molecule has 0 heterocycles. The van der Waals surface area contributed by atoms with Crippen molar-refractivity contribution in [3.05, 3.63) is 16.6 Å². The van der Waals surface area contributed by atoms with Gasteiger partial charge in [-0.2, -0.15) is 0 Å². The molecule has 27 nitrogen and oxygen atoms in total. The van der Waals surface area contributed by atoms with Crippen molar-refractivity contribution in [2.45, 2.75) is 18.3 Å². The standard InChI is InChI=1S/C57H107BrO27/c1-59-7-13-65-19-25-71-31-37-77-45-52(46-78-38-32-72-26-20-66-14-8-60-2)83-55-43-51(58)44-56(84-53(47-79-39-33-73-27-21-67-15-9-61-3)48-80-40-34-74-28-22-68-16-10-62-4)57(55)85-54(49-81-41-35-75-29-23-69-17-11-63-5)50-82-42-36-76-30-24-70-18-12-64-6/h43-44,52-54H,7-42,45-50H2,1-6H3. The lowest BCUT2D eigenvalue weighted by atomic mass is 10.2. The monoisotopic (exact) mass is 1300 g/mol. The molecular formula is C57H107BrO27. The first kappa shape index (κ1) is 81.2. The van der Waals surface area contributed by atoms with E-state index in [1.165, 1.54) is 0 Å². The highest BCUT2D eigenvalue weighted by molar-refractivity contribution is 9.10. The molecule has 1 rings (SSSR count). The fourth-order valence-corrected chi connectivity index (χ4v) is 6.91. The van der Waals surface area contributed by atoms with Crippen molar-refractivity contribution < 1.29 is 128 Å². The van der Waals surface area contributed by atoms with Gasteiger partial charge in [0.1, 0.15) is 18.3 Å². The SMILES string of the molecule is COCCOCCOCCOCC(COCCOCCOCCOC)Oc1cc(Br)cc(OC(COCCOCCOCCOC)COCCOCCOCCOC)c1OC(COCCOCCOCCOC)COCCOCCOCCOC. The van der Waals surface area contributed by atoms with Gasteiger partial charge in [0.15, 0.2) is 11.5 Å². The van der Waals surface area contributed by atoms with Gasteiger partial charge in [0, 0.05) is 47.1 Å². The van der Waals surface area contributed by atoms with Gasteiger partial charge in [-0.05, 0) is 12.1 Å². The summed E-state index contributed by atoms with van der Waals surface area (Å²) < 4.78 is 156. The number of rotatable bonds is 72. The molecule has 28 heteroatoms. The smallest absolute Gasteiger partial charge is 0.204 e. The average molecular weight is 1300 g/mol. The van der Waals surface area contributed by atoms with Crippen LogP contribution in [0.2, 0.25) is 0 Å². The van der Waals surface area contributed by atoms with Crippen LogP contribution in [0.3, 0.4) is 0 Å². The summed E-state index contributed by atoms with van der Waals surface area (Å²) in [5.41, 5.74) is 0. The zero-order valence-corrected chi connectivity index (χ0v) is 53.6. The maximum atomic E-state index is 6.93. The van der Waals surface area contributed by atoms with Crippen molar-refractivity contribution in [1.82, 2.24) is 0 Å². The molecule has 0 radical (unpaired) electrons. The Morgan fingerprint density at radius 1 is 0.224 bits per heavy atom. The minimum Gasteiger partial charge on any atom is -0.482 e. The highest BCUT2D eigenvalue weighted by Crippen LogP contribution is 2.42. The summed E-state index contributed by atoms with van der Waals surface area (Å²) in [6, 6.07) is 3.57. The minimum absolute atomic E-state index is 0.0891. The molecule has 0 aliphatic heterocycles. The Bertz CT molecular complexity index is 1340. The van der Waals surface area contributed by atoms with Gasteiger partial charge in [-0.3, -0.25) is 0 Å². The number of hydrogen-bond donors (Lipinski definition) is 0. The molecule has 0 saturated carbocycles. The molecule has 0 aliphatic carbocycles. The van der Waals surface area contributed by atoms with E-state index in [4.69, 9.17) is 128 Å². The molecule has 0 saturated heterocycles. The molecule has 1 aromatic carbocycles. The summed E-state index contributed by atoms with van der Waals surface area (Å²) in [7, 11) is 9.75. The fourth-order valence-electron chi connectivity index (χ4n) is 6.49. The Hall–Kier alpha value is -1.86. The van der Waals surface area contributed by atoms with Crippen molar-refractivity contribution in [3.63, 3.8) is 0 Å². The Morgan fingerprint density at radius 3 is 0.553 bits per heavy atom. The Morgan fingerprint density at radius 2 is 0.376 bits per heavy atom. The average Bonchev–Trinajstić information content (AvgIpc) is 3.62. The van der Waals surface area contributed by atoms with Crippen molar-refractivity contribution in [2.75, 3.05) is 320 Å². The van der Waals surface area contributed by atoms with Crippen molar-refractivity contribution >= 4 is 15.9 Å². The number of methoxy groups -OCH3 is 6.